The fourth-order valence-corrected chi connectivity index (χ4v) is 5.80. The van der Waals surface area contributed by atoms with Crippen molar-refractivity contribution in [2.45, 2.75) is 19.3 Å². The molecule has 1 aliphatic heterocycles. The van der Waals surface area contributed by atoms with E-state index in [1.165, 1.54) is 10.4 Å². The zero-order valence-corrected chi connectivity index (χ0v) is 19.5. The third-order valence-corrected chi connectivity index (χ3v) is 7.87. The van der Waals surface area contributed by atoms with Gasteiger partial charge >= 0.3 is 0 Å². The number of aryl methyl sites for hydroxylation is 1. The summed E-state index contributed by atoms with van der Waals surface area (Å²) in [6.07, 6.45) is 2.81. The van der Waals surface area contributed by atoms with Crippen molar-refractivity contribution in [1.29, 1.82) is 0 Å². The largest absolute Gasteiger partial charge is 0.350 e. The Morgan fingerprint density at radius 1 is 1.15 bits per heavy atom. The van der Waals surface area contributed by atoms with Crippen LogP contribution in [0.2, 0.25) is 5.02 Å². The first-order valence-electron chi connectivity index (χ1n) is 10.5. The van der Waals surface area contributed by atoms with Gasteiger partial charge in [0.25, 0.3) is 5.91 Å². The molecule has 4 rings (SSSR count). The Balaban J connectivity index is 1.49. The highest BCUT2D eigenvalue weighted by Gasteiger charge is 2.28. The molecular formula is C23H23ClFN3O4S. The molecule has 0 bridgehead atoms. The Morgan fingerprint density at radius 3 is 2.58 bits per heavy atom. The van der Waals surface area contributed by atoms with E-state index in [1.54, 1.807) is 6.20 Å². The summed E-state index contributed by atoms with van der Waals surface area (Å²) in [5.74, 6) is -2.50. The number of carbonyl (C=O) groups excluding carboxylic acids is 2. The van der Waals surface area contributed by atoms with Gasteiger partial charge in [0.1, 0.15) is 11.6 Å². The van der Waals surface area contributed by atoms with Gasteiger partial charge in [-0.25, -0.2) is 17.1 Å². The summed E-state index contributed by atoms with van der Waals surface area (Å²) in [5, 5.41) is 3.41. The van der Waals surface area contributed by atoms with Gasteiger partial charge in [-0.2, -0.15) is 0 Å². The van der Waals surface area contributed by atoms with Gasteiger partial charge in [-0.1, -0.05) is 29.8 Å². The molecule has 1 N–H and O–H groups in total. The Morgan fingerprint density at radius 2 is 1.85 bits per heavy atom. The lowest BCUT2D eigenvalue weighted by molar-refractivity contribution is -0.116. The van der Waals surface area contributed by atoms with Crippen LogP contribution in [0, 0.1) is 5.82 Å². The maximum atomic E-state index is 14.7. The van der Waals surface area contributed by atoms with Crippen LogP contribution in [0.5, 0.6) is 0 Å². The molecule has 2 heterocycles. The van der Waals surface area contributed by atoms with E-state index < -0.39 is 39.7 Å². The third-order valence-electron chi connectivity index (χ3n) is 5.72. The average Bonchev–Trinajstić information content (AvgIpc) is 3.41. The number of amides is 1. The molecule has 174 valence electrons. The van der Waals surface area contributed by atoms with Crippen molar-refractivity contribution in [2.24, 2.45) is 7.05 Å². The number of benzene rings is 2. The summed E-state index contributed by atoms with van der Waals surface area (Å²) in [6.45, 7) is 0.807. The number of fused-ring (bicyclic) bond motifs is 1. The van der Waals surface area contributed by atoms with E-state index in [0.717, 1.165) is 29.8 Å². The Kier molecular flexibility index (Phi) is 6.56. The summed E-state index contributed by atoms with van der Waals surface area (Å²) in [5.41, 5.74) is 1.33. The number of hydrogen-bond acceptors (Lipinski definition) is 4. The van der Waals surface area contributed by atoms with E-state index >= 15 is 0 Å². The van der Waals surface area contributed by atoms with Crippen molar-refractivity contribution in [3.05, 3.63) is 64.6 Å². The minimum absolute atomic E-state index is 0.0234. The normalized spacial score (nSPS) is 14.6. The molecule has 0 saturated carbocycles. The monoisotopic (exact) mass is 491 g/mol. The second-order valence-electron chi connectivity index (χ2n) is 8.13. The van der Waals surface area contributed by atoms with E-state index in [2.05, 4.69) is 5.32 Å². The van der Waals surface area contributed by atoms with Crippen molar-refractivity contribution in [3.8, 4) is 0 Å². The number of Topliss-reactive ketones (excluding diaryl/α,β-unsaturated/α-hetero) is 1. The molecule has 0 unspecified atom stereocenters. The van der Waals surface area contributed by atoms with E-state index in [-0.39, 0.29) is 16.3 Å². The van der Waals surface area contributed by atoms with Gasteiger partial charge in [0.05, 0.1) is 16.3 Å². The van der Waals surface area contributed by atoms with E-state index in [1.807, 2.05) is 35.9 Å². The van der Waals surface area contributed by atoms with Crippen LogP contribution in [0.4, 0.5) is 10.1 Å². The van der Waals surface area contributed by atoms with Crippen molar-refractivity contribution in [2.75, 3.05) is 24.2 Å². The van der Waals surface area contributed by atoms with E-state index in [9.17, 15) is 22.4 Å². The molecule has 0 aliphatic carbocycles. The number of sulfonamides is 1. The van der Waals surface area contributed by atoms with Crippen LogP contribution in [0.3, 0.4) is 0 Å². The molecule has 1 aliphatic rings. The summed E-state index contributed by atoms with van der Waals surface area (Å²) in [7, 11) is -1.88. The molecule has 1 amide bonds. The van der Waals surface area contributed by atoms with E-state index in [4.69, 9.17) is 11.6 Å². The summed E-state index contributed by atoms with van der Waals surface area (Å²) < 4.78 is 42.5. The predicted molar refractivity (Wildman–Crippen MR) is 126 cm³/mol. The Hall–Kier alpha value is -2.75. The van der Waals surface area contributed by atoms with Gasteiger partial charge in [0, 0.05) is 43.7 Å². The number of nitrogens with one attached hydrogen (secondary N) is 1. The van der Waals surface area contributed by atoms with Crippen LogP contribution < -0.4 is 5.32 Å². The van der Waals surface area contributed by atoms with Crippen LogP contribution in [0.1, 0.15) is 28.8 Å². The lowest BCUT2D eigenvalue weighted by atomic mass is 10.1. The quantitative estimate of drug-likeness (QED) is 0.545. The smallest absolute Gasteiger partial charge is 0.257 e. The summed E-state index contributed by atoms with van der Waals surface area (Å²) in [6, 6.07) is 9.68. The van der Waals surface area contributed by atoms with E-state index in [0.29, 0.717) is 18.7 Å². The molecule has 7 nitrogen and oxygen atoms in total. The zero-order chi connectivity index (χ0) is 23.8. The third kappa shape index (κ3) is 4.95. The van der Waals surface area contributed by atoms with Crippen molar-refractivity contribution in [1.82, 2.24) is 8.87 Å². The fraction of sp³-hybridized carbons (Fsp3) is 0.304. The average molecular weight is 492 g/mol. The molecule has 1 aromatic heterocycles. The van der Waals surface area contributed by atoms with Gasteiger partial charge in [-0.05, 0) is 36.6 Å². The van der Waals surface area contributed by atoms with Crippen LogP contribution in [0.25, 0.3) is 10.9 Å². The maximum absolute atomic E-state index is 14.7. The minimum atomic E-state index is -3.70. The van der Waals surface area contributed by atoms with Gasteiger partial charge < -0.3 is 9.88 Å². The SMILES string of the molecule is Cn1cc(C(=O)Nc2cc(F)c(CC(=O)CS(=O)(=O)N3CCCC3)cc2Cl)c2ccccc21. The fourth-order valence-electron chi connectivity index (χ4n) is 4.06. The molecular weight excluding hydrogens is 469 g/mol. The second-order valence-corrected chi connectivity index (χ2v) is 10.5. The summed E-state index contributed by atoms with van der Waals surface area (Å²) in [4.78, 5) is 25.2. The van der Waals surface area contributed by atoms with Crippen molar-refractivity contribution >= 4 is 49.9 Å². The Bertz CT molecular complexity index is 1350. The standard InChI is InChI=1S/C23H23ClFN3O4S/c1-27-13-18(17-6-2-3-7-22(17)27)23(30)26-21-12-20(25)15(11-19(21)24)10-16(29)14-33(31,32)28-8-4-5-9-28/h2-3,6-7,11-13H,4-5,8-10,14H2,1H3,(H,26,30). The number of hydrogen-bond donors (Lipinski definition) is 1. The molecule has 3 aromatic rings. The van der Waals surface area contributed by atoms with Crippen molar-refractivity contribution < 1.29 is 22.4 Å². The first-order valence-corrected chi connectivity index (χ1v) is 12.5. The van der Waals surface area contributed by atoms with Gasteiger partial charge in [-0.3, -0.25) is 9.59 Å². The van der Waals surface area contributed by atoms with Crippen LogP contribution in [-0.2, 0) is 28.3 Å². The molecule has 10 heteroatoms. The molecule has 0 atom stereocenters. The van der Waals surface area contributed by atoms with Crippen LogP contribution in [-0.4, -0.2) is 47.8 Å². The number of ketones is 1. The first kappa shape index (κ1) is 23.4. The number of nitrogens with zero attached hydrogens (tertiary/aromatic N) is 2. The highest BCUT2D eigenvalue weighted by Crippen LogP contribution is 2.28. The first-order chi connectivity index (χ1) is 15.7. The lowest BCUT2D eigenvalue weighted by Crippen LogP contribution is -2.33. The highest BCUT2D eigenvalue weighted by molar-refractivity contribution is 7.89. The number of halogens is 2. The number of para-hydroxylation sites is 1. The highest BCUT2D eigenvalue weighted by atomic mass is 35.5. The number of rotatable bonds is 7. The summed E-state index contributed by atoms with van der Waals surface area (Å²) >= 11 is 6.25. The number of aromatic nitrogens is 1. The van der Waals surface area contributed by atoms with Crippen LogP contribution >= 0.6 is 11.6 Å². The molecule has 2 aromatic carbocycles. The lowest BCUT2D eigenvalue weighted by Gasteiger charge is -2.15. The molecule has 0 radical (unpaired) electrons. The molecule has 33 heavy (non-hydrogen) atoms. The Labute approximate surface area is 196 Å². The van der Waals surface area contributed by atoms with Gasteiger partial charge in [-0.15, -0.1) is 0 Å². The molecule has 0 spiro atoms. The molecule has 1 saturated heterocycles. The van der Waals surface area contributed by atoms with Gasteiger partial charge in [0.2, 0.25) is 10.0 Å². The van der Waals surface area contributed by atoms with Gasteiger partial charge in [0.15, 0.2) is 5.78 Å². The topological polar surface area (TPSA) is 88.5 Å². The number of anilines is 1. The zero-order valence-electron chi connectivity index (χ0n) is 18.0. The predicted octanol–water partition coefficient (Wildman–Crippen LogP) is 3.76. The van der Waals surface area contributed by atoms with Crippen LogP contribution in [0.15, 0.2) is 42.6 Å². The minimum Gasteiger partial charge on any atom is -0.350 e. The number of carbonyl (C=O) groups is 2. The molecule has 1 fully saturated rings. The second kappa shape index (κ2) is 9.24. The maximum Gasteiger partial charge on any atom is 0.257 e. The van der Waals surface area contributed by atoms with Crippen molar-refractivity contribution in [3.63, 3.8) is 0 Å².